The van der Waals surface area contributed by atoms with Gasteiger partial charge in [0.1, 0.15) is 0 Å². The van der Waals surface area contributed by atoms with Crippen molar-refractivity contribution in [2.24, 2.45) is 0 Å². The molecule has 3 aromatic heterocycles. The van der Waals surface area contributed by atoms with Crippen molar-refractivity contribution in [1.82, 2.24) is 19.9 Å². The molecule has 0 atom stereocenters. The summed E-state index contributed by atoms with van der Waals surface area (Å²) in [5, 5.41) is 10.0. The number of benzene rings is 1. The van der Waals surface area contributed by atoms with Crippen molar-refractivity contribution in [3.63, 3.8) is 0 Å². The molecule has 0 aliphatic carbocycles. The molecule has 1 aromatic carbocycles. The van der Waals surface area contributed by atoms with E-state index >= 15 is 0 Å². The van der Waals surface area contributed by atoms with E-state index < -0.39 is 0 Å². The van der Waals surface area contributed by atoms with Crippen molar-refractivity contribution < 1.29 is 4.52 Å². The van der Waals surface area contributed by atoms with Crippen molar-refractivity contribution in [3.8, 4) is 27.8 Å². The Bertz CT molecular complexity index is 1190. The van der Waals surface area contributed by atoms with E-state index in [0.29, 0.717) is 27.5 Å². The smallest absolute Gasteiger partial charge is 0.278 e. The molecule has 0 saturated carbocycles. The Morgan fingerprint density at radius 1 is 1.17 bits per heavy atom. The molecule has 156 valence electrons. The number of thiophene rings is 1. The van der Waals surface area contributed by atoms with E-state index in [9.17, 15) is 0 Å². The minimum atomic E-state index is 0.170. The number of hydrogen-bond acceptors (Lipinski definition) is 5. The van der Waals surface area contributed by atoms with Gasteiger partial charge in [0.15, 0.2) is 11.5 Å². The van der Waals surface area contributed by atoms with Crippen molar-refractivity contribution >= 4 is 34.5 Å². The fourth-order valence-corrected chi connectivity index (χ4v) is 4.95. The van der Waals surface area contributed by atoms with Gasteiger partial charge in [0.25, 0.3) is 5.89 Å². The number of halogens is 2. The molecule has 0 bridgehead atoms. The van der Waals surface area contributed by atoms with Gasteiger partial charge in [-0.25, -0.2) is 4.68 Å². The van der Waals surface area contributed by atoms with Crippen LogP contribution in [0, 0.1) is 6.92 Å². The number of nitrogens with zero attached hydrogens (tertiary/aromatic N) is 4. The molecular weight excluding hydrogens is 439 g/mol. The third-order valence-corrected chi connectivity index (χ3v) is 6.50. The summed E-state index contributed by atoms with van der Waals surface area (Å²) in [6.45, 7) is 8.26. The highest BCUT2D eigenvalue weighted by Crippen LogP contribution is 2.38. The van der Waals surface area contributed by atoms with Gasteiger partial charge < -0.3 is 4.52 Å². The lowest BCUT2D eigenvalue weighted by Gasteiger charge is -2.09. The first-order valence-corrected chi connectivity index (χ1v) is 11.4. The summed E-state index contributed by atoms with van der Waals surface area (Å²) in [6.07, 6.45) is 2.15. The number of rotatable bonds is 6. The zero-order chi connectivity index (χ0) is 21.4. The van der Waals surface area contributed by atoms with Gasteiger partial charge in [-0.3, -0.25) is 0 Å². The first kappa shape index (κ1) is 21.1. The standard InChI is InChI=1S/C22H22Cl2N4OS/c1-5-6-15-8-10-18(30-15)20-13(4)19(22-25-21(12(2)3)27-29-22)26-28(20)17-9-7-14(23)11-16(17)24/h7-12H,5-6H2,1-4H3. The zero-order valence-electron chi connectivity index (χ0n) is 17.2. The molecule has 8 heteroatoms. The lowest BCUT2D eigenvalue weighted by Crippen LogP contribution is -2.00. The zero-order valence-corrected chi connectivity index (χ0v) is 19.6. The third kappa shape index (κ3) is 3.92. The Morgan fingerprint density at radius 3 is 2.63 bits per heavy atom. The summed E-state index contributed by atoms with van der Waals surface area (Å²) in [5.41, 5.74) is 3.33. The second kappa shape index (κ2) is 8.53. The van der Waals surface area contributed by atoms with Gasteiger partial charge in [-0.15, -0.1) is 11.3 Å². The van der Waals surface area contributed by atoms with E-state index in [1.54, 1.807) is 17.4 Å². The molecule has 0 saturated heterocycles. The van der Waals surface area contributed by atoms with Crippen LogP contribution in [0.5, 0.6) is 0 Å². The Balaban J connectivity index is 1.92. The first-order chi connectivity index (χ1) is 14.4. The molecule has 30 heavy (non-hydrogen) atoms. The number of aryl methyl sites for hydroxylation is 1. The van der Waals surface area contributed by atoms with Crippen LogP contribution in [0.1, 0.15) is 49.4 Å². The normalized spacial score (nSPS) is 11.6. The molecular formula is C22H22Cl2N4OS. The molecule has 0 aliphatic heterocycles. The third-order valence-electron chi connectivity index (χ3n) is 4.81. The summed E-state index contributed by atoms with van der Waals surface area (Å²) in [4.78, 5) is 7.00. The van der Waals surface area contributed by atoms with Gasteiger partial charge in [-0.05, 0) is 43.7 Å². The average Bonchev–Trinajstić information content (AvgIpc) is 3.41. The van der Waals surface area contributed by atoms with Crippen LogP contribution in [0.4, 0.5) is 0 Å². The SMILES string of the molecule is CCCc1ccc(-c2c(C)c(-c3nc(C(C)C)no3)nn2-c2ccc(Cl)cc2Cl)s1. The van der Waals surface area contributed by atoms with Crippen molar-refractivity contribution in [1.29, 1.82) is 0 Å². The predicted octanol–water partition coefficient (Wildman–Crippen LogP) is 7.34. The molecule has 5 nitrogen and oxygen atoms in total. The van der Waals surface area contributed by atoms with E-state index in [1.807, 2.05) is 37.6 Å². The molecule has 0 aliphatic rings. The number of aromatic nitrogens is 4. The average molecular weight is 461 g/mol. The molecule has 0 N–H and O–H groups in total. The van der Waals surface area contributed by atoms with Gasteiger partial charge in [0.2, 0.25) is 0 Å². The van der Waals surface area contributed by atoms with Crippen LogP contribution in [0.15, 0.2) is 34.9 Å². The predicted molar refractivity (Wildman–Crippen MR) is 123 cm³/mol. The van der Waals surface area contributed by atoms with Crippen LogP contribution < -0.4 is 0 Å². The highest BCUT2D eigenvalue weighted by molar-refractivity contribution is 7.15. The van der Waals surface area contributed by atoms with Gasteiger partial charge >= 0.3 is 0 Å². The van der Waals surface area contributed by atoms with E-state index in [1.165, 1.54) is 4.88 Å². The largest absolute Gasteiger partial charge is 0.332 e. The molecule has 4 aromatic rings. The lowest BCUT2D eigenvalue weighted by atomic mass is 10.1. The Morgan fingerprint density at radius 2 is 1.97 bits per heavy atom. The van der Waals surface area contributed by atoms with Crippen LogP contribution >= 0.6 is 34.5 Å². The Hall–Kier alpha value is -2.15. The monoisotopic (exact) mass is 460 g/mol. The summed E-state index contributed by atoms with van der Waals surface area (Å²) in [5.74, 6) is 1.24. The molecule has 0 radical (unpaired) electrons. The van der Waals surface area contributed by atoms with E-state index in [2.05, 4.69) is 29.2 Å². The van der Waals surface area contributed by atoms with Gasteiger partial charge in [0, 0.05) is 21.4 Å². The van der Waals surface area contributed by atoms with Crippen LogP contribution in [-0.4, -0.2) is 19.9 Å². The summed E-state index contributed by atoms with van der Waals surface area (Å²) >= 11 is 14.4. The lowest BCUT2D eigenvalue weighted by molar-refractivity contribution is 0.417. The molecule has 0 amide bonds. The summed E-state index contributed by atoms with van der Waals surface area (Å²) < 4.78 is 7.39. The van der Waals surface area contributed by atoms with Gasteiger partial charge in [0.05, 0.1) is 21.3 Å². The van der Waals surface area contributed by atoms with Crippen molar-refractivity contribution in [3.05, 3.63) is 56.6 Å². The molecule has 0 unspecified atom stereocenters. The van der Waals surface area contributed by atoms with Crippen LogP contribution in [0.3, 0.4) is 0 Å². The maximum atomic E-state index is 6.54. The maximum absolute atomic E-state index is 6.54. The molecule has 0 fully saturated rings. The first-order valence-electron chi connectivity index (χ1n) is 9.87. The quantitative estimate of drug-likeness (QED) is 0.301. The second-order valence-electron chi connectivity index (χ2n) is 7.46. The van der Waals surface area contributed by atoms with E-state index in [0.717, 1.165) is 34.7 Å². The van der Waals surface area contributed by atoms with E-state index in [-0.39, 0.29) is 5.92 Å². The van der Waals surface area contributed by atoms with Gasteiger partial charge in [-0.1, -0.05) is 55.6 Å². The minimum Gasteiger partial charge on any atom is -0.332 e. The molecule has 3 heterocycles. The molecule has 0 spiro atoms. The van der Waals surface area contributed by atoms with Gasteiger partial charge in [-0.2, -0.15) is 10.1 Å². The Kier molecular flexibility index (Phi) is 6.00. The van der Waals surface area contributed by atoms with Crippen molar-refractivity contribution in [2.75, 3.05) is 0 Å². The second-order valence-corrected chi connectivity index (χ2v) is 9.47. The topological polar surface area (TPSA) is 56.7 Å². The summed E-state index contributed by atoms with van der Waals surface area (Å²) in [7, 11) is 0. The number of hydrogen-bond donors (Lipinski definition) is 0. The molecule has 4 rings (SSSR count). The van der Waals surface area contributed by atoms with Crippen LogP contribution in [0.2, 0.25) is 10.0 Å². The Labute approximate surface area is 189 Å². The fraction of sp³-hybridized carbons (Fsp3) is 0.318. The van der Waals surface area contributed by atoms with E-state index in [4.69, 9.17) is 32.8 Å². The minimum absolute atomic E-state index is 0.170. The highest BCUT2D eigenvalue weighted by Gasteiger charge is 2.25. The maximum Gasteiger partial charge on any atom is 0.278 e. The van der Waals surface area contributed by atoms with Crippen LogP contribution in [-0.2, 0) is 6.42 Å². The summed E-state index contributed by atoms with van der Waals surface area (Å²) in [6, 6.07) is 9.71. The fourth-order valence-electron chi connectivity index (χ4n) is 3.27. The van der Waals surface area contributed by atoms with Crippen LogP contribution in [0.25, 0.3) is 27.8 Å². The van der Waals surface area contributed by atoms with Crippen molar-refractivity contribution in [2.45, 2.75) is 46.5 Å². The highest BCUT2D eigenvalue weighted by atomic mass is 35.5.